The van der Waals surface area contributed by atoms with Gasteiger partial charge in [-0.2, -0.15) is 18.4 Å². The highest BCUT2D eigenvalue weighted by Gasteiger charge is 2.40. The fourth-order valence-electron chi connectivity index (χ4n) is 5.08. The van der Waals surface area contributed by atoms with Crippen LogP contribution in [-0.2, 0) is 14.4 Å². The SMILES string of the molecule is N#Cc1cccc(N2C[C@H](NC(=O)[C@H](CCC(F)(F)F)[C@@H](C(N)=O)c3ccccc3)C(=O)Nc3c(C(F)F)cccc32)c1. The Labute approximate surface area is 243 Å². The van der Waals surface area contributed by atoms with E-state index < -0.39 is 66.6 Å². The maximum atomic E-state index is 14.0. The Hall–Kier alpha value is -4.99. The van der Waals surface area contributed by atoms with Gasteiger partial charge in [-0.05, 0) is 36.2 Å². The number of amides is 3. The van der Waals surface area contributed by atoms with Gasteiger partial charge in [-0.15, -0.1) is 0 Å². The molecule has 0 radical (unpaired) electrons. The average molecular weight is 600 g/mol. The molecule has 0 aliphatic carbocycles. The Bertz CT molecular complexity index is 1540. The van der Waals surface area contributed by atoms with Gasteiger partial charge in [0, 0.05) is 17.7 Å². The van der Waals surface area contributed by atoms with Gasteiger partial charge in [-0.1, -0.05) is 48.5 Å². The smallest absolute Gasteiger partial charge is 0.369 e. The molecule has 43 heavy (non-hydrogen) atoms. The molecule has 13 heteroatoms. The fourth-order valence-corrected chi connectivity index (χ4v) is 5.08. The molecule has 0 aromatic heterocycles. The zero-order chi connectivity index (χ0) is 31.3. The van der Waals surface area contributed by atoms with Crippen molar-refractivity contribution in [3.63, 3.8) is 0 Å². The normalized spacial score (nSPS) is 16.3. The molecule has 1 aliphatic rings. The van der Waals surface area contributed by atoms with Gasteiger partial charge >= 0.3 is 6.18 Å². The van der Waals surface area contributed by atoms with Crippen LogP contribution in [0, 0.1) is 17.2 Å². The molecular weight excluding hydrogens is 573 g/mol. The van der Waals surface area contributed by atoms with Crippen LogP contribution in [0.25, 0.3) is 0 Å². The van der Waals surface area contributed by atoms with E-state index in [1.54, 1.807) is 18.2 Å². The molecule has 0 unspecified atom stereocenters. The largest absolute Gasteiger partial charge is 0.389 e. The van der Waals surface area contributed by atoms with Crippen LogP contribution in [-0.4, -0.2) is 36.5 Å². The van der Waals surface area contributed by atoms with E-state index in [0.29, 0.717) is 5.69 Å². The lowest BCUT2D eigenvalue weighted by atomic mass is 9.81. The number of carbonyl (C=O) groups is 3. The molecule has 0 saturated heterocycles. The third-order valence-corrected chi connectivity index (χ3v) is 7.08. The highest BCUT2D eigenvalue weighted by atomic mass is 19.4. The van der Waals surface area contributed by atoms with E-state index in [0.717, 1.165) is 6.07 Å². The van der Waals surface area contributed by atoms with E-state index in [1.807, 2.05) is 6.07 Å². The summed E-state index contributed by atoms with van der Waals surface area (Å²) >= 11 is 0. The first kappa shape index (κ1) is 31.0. The Kier molecular flexibility index (Phi) is 9.28. The number of primary amides is 1. The second kappa shape index (κ2) is 12.9. The van der Waals surface area contributed by atoms with Crippen molar-refractivity contribution in [3.05, 3.63) is 89.5 Å². The molecule has 3 aromatic rings. The summed E-state index contributed by atoms with van der Waals surface area (Å²) in [6, 6.07) is 18.1. The van der Waals surface area contributed by atoms with Gasteiger partial charge in [-0.3, -0.25) is 14.4 Å². The second-order valence-electron chi connectivity index (χ2n) is 9.92. The molecule has 4 N–H and O–H groups in total. The topological polar surface area (TPSA) is 128 Å². The van der Waals surface area contributed by atoms with Crippen molar-refractivity contribution in [2.45, 2.75) is 37.4 Å². The van der Waals surface area contributed by atoms with Crippen LogP contribution in [0.15, 0.2) is 72.8 Å². The predicted molar refractivity (Wildman–Crippen MR) is 147 cm³/mol. The van der Waals surface area contributed by atoms with E-state index in [1.165, 1.54) is 53.4 Å². The number of halogens is 5. The van der Waals surface area contributed by atoms with Crippen molar-refractivity contribution < 1.29 is 36.3 Å². The van der Waals surface area contributed by atoms with Crippen LogP contribution in [0.1, 0.15) is 41.9 Å². The Morgan fingerprint density at radius 2 is 1.77 bits per heavy atom. The first-order valence-corrected chi connectivity index (χ1v) is 13.1. The highest BCUT2D eigenvalue weighted by molar-refractivity contribution is 6.04. The summed E-state index contributed by atoms with van der Waals surface area (Å²) in [5.41, 5.74) is 5.76. The molecule has 3 aromatic carbocycles. The van der Waals surface area contributed by atoms with Gasteiger partial charge in [-0.25, -0.2) is 8.78 Å². The number of nitriles is 1. The number of benzene rings is 3. The summed E-state index contributed by atoms with van der Waals surface area (Å²) < 4.78 is 67.7. The number of fused-ring (bicyclic) bond motifs is 1. The average Bonchev–Trinajstić information content (AvgIpc) is 3.10. The molecule has 3 atom stereocenters. The molecule has 0 bridgehead atoms. The van der Waals surface area contributed by atoms with Crippen LogP contribution in [0.4, 0.5) is 39.0 Å². The van der Waals surface area contributed by atoms with Gasteiger partial charge in [0.1, 0.15) is 6.04 Å². The van der Waals surface area contributed by atoms with Crippen LogP contribution in [0.2, 0.25) is 0 Å². The minimum absolute atomic E-state index is 0.144. The van der Waals surface area contributed by atoms with Gasteiger partial charge in [0.05, 0.1) is 41.4 Å². The van der Waals surface area contributed by atoms with E-state index in [9.17, 15) is 41.6 Å². The van der Waals surface area contributed by atoms with E-state index >= 15 is 0 Å². The summed E-state index contributed by atoms with van der Waals surface area (Å²) in [4.78, 5) is 41.0. The summed E-state index contributed by atoms with van der Waals surface area (Å²) in [5, 5.41) is 14.3. The molecule has 0 spiro atoms. The van der Waals surface area contributed by atoms with Crippen LogP contribution in [0.3, 0.4) is 0 Å². The van der Waals surface area contributed by atoms with Crippen LogP contribution >= 0.6 is 0 Å². The van der Waals surface area contributed by atoms with Crippen molar-refractivity contribution in [3.8, 4) is 6.07 Å². The van der Waals surface area contributed by atoms with Gasteiger partial charge in [0.2, 0.25) is 17.7 Å². The van der Waals surface area contributed by atoms with Crippen molar-refractivity contribution in [2.24, 2.45) is 11.7 Å². The fraction of sp³-hybridized carbons (Fsp3) is 0.267. The quantitative estimate of drug-likeness (QED) is 0.288. The number of nitrogens with one attached hydrogen (secondary N) is 2. The highest BCUT2D eigenvalue weighted by Crippen LogP contribution is 2.41. The maximum Gasteiger partial charge on any atom is 0.389 e. The molecule has 224 valence electrons. The molecule has 1 aliphatic heterocycles. The minimum atomic E-state index is -4.66. The molecule has 4 rings (SSSR count). The van der Waals surface area contributed by atoms with Gasteiger partial charge in [0.25, 0.3) is 6.43 Å². The zero-order valence-electron chi connectivity index (χ0n) is 22.4. The molecular formula is C30H26F5N5O3. The van der Waals surface area contributed by atoms with E-state index in [4.69, 9.17) is 5.73 Å². The van der Waals surface area contributed by atoms with E-state index in [2.05, 4.69) is 10.6 Å². The maximum absolute atomic E-state index is 14.0. The number of hydrogen-bond donors (Lipinski definition) is 3. The summed E-state index contributed by atoms with van der Waals surface area (Å²) in [6.45, 7) is -0.343. The third kappa shape index (κ3) is 7.27. The monoisotopic (exact) mass is 599 g/mol. The van der Waals surface area contributed by atoms with Gasteiger partial charge < -0.3 is 21.3 Å². The zero-order valence-corrected chi connectivity index (χ0v) is 22.4. The standard InChI is InChI=1S/C30H26F5N5O3/c31-26(32)21-10-5-11-23-25(21)39-29(43)22(16-40(23)19-9-4-6-17(14-19)15-36)38-28(42)20(12-13-30(33,34)35)24(27(37)41)18-7-2-1-3-8-18/h1-11,14,20,22,24,26H,12-13,16H2,(H2,37,41)(H,38,42)(H,39,43)/t20-,22+,24+/m1/s1. The number of alkyl halides is 5. The molecule has 0 saturated carbocycles. The Balaban J connectivity index is 1.74. The Morgan fingerprint density at radius 3 is 2.40 bits per heavy atom. The number of anilines is 3. The van der Waals surface area contributed by atoms with E-state index in [-0.39, 0.29) is 29.0 Å². The van der Waals surface area contributed by atoms with Crippen LogP contribution < -0.4 is 21.3 Å². The van der Waals surface area contributed by atoms with Crippen molar-refractivity contribution in [2.75, 3.05) is 16.8 Å². The number of nitrogens with two attached hydrogens (primary N) is 1. The molecule has 0 fully saturated rings. The molecule has 3 amide bonds. The number of rotatable bonds is 9. The summed E-state index contributed by atoms with van der Waals surface area (Å²) in [7, 11) is 0. The third-order valence-electron chi connectivity index (χ3n) is 7.08. The molecule has 1 heterocycles. The number of para-hydroxylation sites is 1. The second-order valence-corrected chi connectivity index (χ2v) is 9.92. The van der Waals surface area contributed by atoms with Crippen LogP contribution in [0.5, 0.6) is 0 Å². The first-order valence-electron chi connectivity index (χ1n) is 13.1. The lowest BCUT2D eigenvalue weighted by molar-refractivity contribution is -0.144. The lowest BCUT2D eigenvalue weighted by Gasteiger charge is -2.29. The molecule has 8 nitrogen and oxygen atoms in total. The number of carbonyl (C=O) groups excluding carboxylic acids is 3. The minimum Gasteiger partial charge on any atom is -0.369 e. The lowest BCUT2D eigenvalue weighted by Crippen LogP contribution is -2.51. The summed E-state index contributed by atoms with van der Waals surface area (Å²) in [6.07, 6.45) is -9.86. The summed E-state index contributed by atoms with van der Waals surface area (Å²) in [5.74, 6) is -6.08. The van der Waals surface area contributed by atoms with Crippen molar-refractivity contribution >= 4 is 34.8 Å². The van der Waals surface area contributed by atoms with Crippen molar-refractivity contribution in [1.29, 1.82) is 5.26 Å². The number of nitrogens with zero attached hydrogens (tertiary/aromatic N) is 2. The Morgan fingerprint density at radius 1 is 1.07 bits per heavy atom. The van der Waals surface area contributed by atoms with Gasteiger partial charge in [0.15, 0.2) is 0 Å². The predicted octanol–water partition coefficient (Wildman–Crippen LogP) is 5.30. The number of hydrogen-bond acceptors (Lipinski definition) is 5. The van der Waals surface area contributed by atoms with Crippen molar-refractivity contribution in [1.82, 2.24) is 5.32 Å². The first-order chi connectivity index (χ1) is 20.4.